The Kier molecular flexibility index (Phi) is 4.06. The lowest BCUT2D eigenvalue weighted by Gasteiger charge is -2.10. The van der Waals surface area contributed by atoms with Crippen LogP contribution in [0.25, 0.3) is 0 Å². The average molecular weight is 262 g/mol. The van der Waals surface area contributed by atoms with E-state index in [-0.39, 0.29) is 12.5 Å². The minimum Gasteiger partial charge on any atom is -0.261 e. The molecule has 0 fully saturated rings. The molecule has 0 saturated heterocycles. The van der Waals surface area contributed by atoms with Crippen molar-refractivity contribution < 1.29 is 4.92 Å². The number of nitrogens with zero attached hydrogens (tertiary/aromatic N) is 3. The summed E-state index contributed by atoms with van der Waals surface area (Å²) in [6.45, 7) is 3.85. The second kappa shape index (κ2) is 5.13. The molecule has 0 saturated carbocycles. The number of halogens is 1. The van der Waals surface area contributed by atoms with Gasteiger partial charge in [0.15, 0.2) is 0 Å². The van der Waals surface area contributed by atoms with E-state index in [4.69, 9.17) is 11.8 Å². The van der Waals surface area contributed by atoms with Crippen molar-refractivity contribution >= 4 is 17.5 Å². The third-order valence-electron chi connectivity index (χ3n) is 2.50. The Morgan fingerprint density at radius 1 is 1.53 bits per heavy atom. The van der Waals surface area contributed by atoms with Crippen molar-refractivity contribution in [2.45, 2.75) is 26.8 Å². The Balaban J connectivity index is 3.43. The fourth-order valence-electron chi connectivity index (χ4n) is 1.29. The molecule has 1 heterocycles. The molecule has 0 aromatic carbocycles. The molecule has 7 nitrogen and oxygen atoms in total. The van der Waals surface area contributed by atoms with Gasteiger partial charge in [0.1, 0.15) is 6.20 Å². The van der Waals surface area contributed by atoms with Crippen molar-refractivity contribution in [2.75, 3.05) is 0 Å². The average Bonchev–Trinajstić information content (AvgIpc) is 2.28. The summed E-state index contributed by atoms with van der Waals surface area (Å²) in [6, 6.07) is 0. The van der Waals surface area contributed by atoms with E-state index in [0.29, 0.717) is 4.09 Å². The lowest BCUT2D eigenvalue weighted by Crippen LogP contribution is -2.39. The molecule has 1 aromatic rings. The third-order valence-corrected chi connectivity index (χ3v) is 2.74. The Bertz CT molecular complexity index is 548. The second-order valence-corrected chi connectivity index (χ2v) is 4.16. The van der Waals surface area contributed by atoms with Crippen LogP contribution in [0.1, 0.15) is 20.3 Å². The van der Waals surface area contributed by atoms with Crippen LogP contribution in [-0.4, -0.2) is 13.6 Å². The van der Waals surface area contributed by atoms with Crippen LogP contribution in [0.4, 0.5) is 5.69 Å². The standard InChI is InChI=1S/C9H12ClN3O4/c1-3-6(2)4-11-8(14)7(13(16)17)5-12(10)9(11)15/h5-6H,3-4H2,1-2H3. The lowest BCUT2D eigenvalue weighted by atomic mass is 10.1. The molecular formula is C9H12ClN3O4. The van der Waals surface area contributed by atoms with Crippen molar-refractivity contribution in [2.24, 2.45) is 5.92 Å². The van der Waals surface area contributed by atoms with E-state index in [1.165, 1.54) is 0 Å². The Hall–Kier alpha value is -1.63. The number of rotatable bonds is 4. The monoisotopic (exact) mass is 261 g/mol. The molecule has 94 valence electrons. The van der Waals surface area contributed by atoms with Gasteiger partial charge in [-0.25, -0.2) is 8.88 Å². The van der Waals surface area contributed by atoms with E-state index >= 15 is 0 Å². The normalized spacial score (nSPS) is 12.4. The first-order chi connectivity index (χ1) is 7.88. The van der Waals surface area contributed by atoms with Crippen LogP contribution < -0.4 is 11.2 Å². The summed E-state index contributed by atoms with van der Waals surface area (Å²) in [7, 11) is 0. The maximum atomic E-state index is 11.7. The molecule has 0 amide bonds. The highest BCUT2D eigenvalue weighted by Crippen LogP contribution is 2.05. The molecule has 1 aromatic heterocycles. The van der Waals surface area contributed by atoms with E-state index in [2.05, 4.69) is 0 Å². The van der Waals surface area contributed by atoms with Crippen LogP contribution in [0.15, 0.2) is 15.8 Å². The Morgan fingerprint density at radius 2 is 2.12 bits per heavy atom. The van der Waals surface area contributed by atoms with Crippen molar-refractivity contribution in [3.05, 3.63) is 37.1 Å². The second-order valence-electron chi connectivity index (χ2n) is 3.79. The third kappa shape index (κ3) is 2.73. The van der Waals surface area contributed by atoms with Crippen molar-refractivity contribution in [1.29, 1.82) is 0 Å². The van der Waals surface area contributed by atoms with Gasteiger partial charge in [0, 0.05) is 18.3 Å². The molecule has 1 rings (SSSR count). The topological polar surface area (TPSA) is 87.1 Å². The highest BCUT2D eigenvalue weighted by molar-refractivity contribution is 6.15. The van der Waals surface area contributed by atoms with Gasteiger partial charge in [-0.3, -0.25) is 19.5 Å². The number of hydrogen-bond donors (Lipinski definition) is 0. The van der Waals surface area contributed by atoms with Crippen molar-refractivity contribution in [1.82, 2.24) is 8.65 Å². The number of hydrogen-bond acceptors (Lipinski definition) is 4. The zero-order valence-corrected chi connectivity index (χ0v) is 10.2. The minimum absolute atomic E-state index is 0.0547. The quantitative estimate of drug-likeness (QED) is 0.597. The van der Waals surface area contributed by atoms with Crippen LogP contribution in [0, 0.1) is 16.0 Å². The summed E-state index contributed by atoms with van der Waals surface area (Å²) >= 11 is 5.50. The maximum absolute atomic E-state index is 11.7. The van der Waals surface area contributed by atoms with E-state index in [1.807, 2.05) is 13.8 Å². The van der Waals surface area contributed by atoms with E-state index in [0.717, 1.165) is 17.2 Å². The van der Waals surface area contributed by atoms with Crippen LogP contribution in [-0.2, 0) is 6.54 Å². The summed E-state index contributed by atoms with van der Waals surface area (Å²) in [5.41, 5.74) is -2.39. The first kappa shape index (κ1) is 13.4. The van der Waals surface area contributed by atoms with Gasteiger partial charge in [0.05, 0.1) is 4.92 Å². The fraction of sp³-hybridized carbons (Fsp3) is 0.556. The van der Waals surface area contributed by atoms with Gasteiger partial charge in [-0.05, 0) is 5.92 Å². The number of nitro groups is 1. The van der Waals surface area contributed by atoms with E-state index in [1.54, 1.807) is 0 Å². The molecule has 1 atom stereocenters. The van der Waals surface area contributed by atoms with Gasteiger partial charge in [-0.1, -0.05) is 20.3 Å². The maximum Gasteiger partial charge on any atom is 0.351 e. The number of aromatic nitrogens is 2. The summed E-state index contributed by atoms with van der Waals surface area (Å²) in [6.07, 6.45) is 1.47. The van der Waals surface area contributed by atoms with Crippen LogP contribution in [0.5, 0.6) is 0 Å². The fourth-order valence-corrected chi connectivity index (χ4v) is 1.47. The lowest BCUT2D eigenvalue weighted by molar-refractivity contribution is -0.387. The molecule has 0 radical (unpaired) electrons. The van der Waals surface area contributed by atoms with Crippen molar-refractivity contribution in [3.8, 4) is 0 Å². The summed E-state index contributed by atoms with van der Waals surface area (Å²) in [5.74, 6) is 0.0547. The first-order valence-corrected chi connectivity index (χ1v) is 5.39. The van der Waals surface area contributed by atoms with E-state index in [9.17, 15) is 19.7 Å². The van der Waals surface area contributed by atoms with E-state index < -0.39 is 21.9 Å². The summed E-state index contributed by atoms with van der Waals surface area (Å²) in [5, 5.41) is 10.6. The highest BCUT2D eigenvalue weighted by atomic mass is 35.5. The molecule has 0 aliphatic carbocycles. The molecule has 0 aliphatic rings. The molecule has 0 spiro atoms. The molecular weight excluding hydrogens is 250 g/mol. The Morgan fingerprint density at radius 3 is 2.59 bits per heavy atom. The predicted octanol–water partition coefficient (Wildman–Crippen LogP) is 0.966. The minimum atomic E-state index is -0.919. The van der Waals surface area contributed by atoms with Crippen LogP contribution in [0.2, 0.25) is 0 Å². The predicted molar refractivity (Wildman–Crippen MR) is 62.3 cm³/mol. The van der Waals surface area contributed by atoms with Gasteiger partial charge < -0.3 is 0 Å². The summed E-state index contributed by atoms with van der Waals surface area (Å²) in [4.78, 5) is 33.0. The zero-order chi connectivity index (χ0) is 13.2. The Labute approximate surface area is 102 Å². The molecule has 0 aliphatic heterocycles. The smallest absolute Gasteiger partial charge is 0.261 e. The molecule has 1 unspecified atom stereocenters. The van der Waals surface area contributed by atoms with Gasteiger partial charge in [-0.2, -0.15) is 0 Å². The van der Waals surface area contributed by atoms with Gasteiger partial charge in [-0.15, -0.1) is 0 Å². The molecule has 17 heavy (non-hydrogen) atoms. The zero-order valence-electron chi connectivity index (χ0n) is 9.42. The molecule has 8 heteroatoms. The van der Waals surface area contributed by atoms with Gasteiger partial charge in [0.2, 0.25) is 0 Å². The molecule has 0 bridgehead atoms. The first-order valence-electron chi connectivity index (χ1n) is 5.05. The SMILES string of the molecule is CCC(C)Cn1c(=O)c([N+](=O)[O-])cn(Cl)c1=O. The van der Waals surface area contributed by atoms with Crippen molar-refractivity contribution in [3.63, 3.8) is 0 Å². The largest absolute Gasteiger partial charge is 0.351 e. The van der Waals surface area contributed by atoms with Crippen LogP contribution >= 0.6 is 11.8 Å². The van der Waals surface area contributed by atoms with Gasteiger partial charge in [0.25, 0.3) is 0 Å². The highest BCUT2D eigenvalue weighted by Gasteiger charge is 2.20. The van der Waals surface area contributed by atoms with Crippen LogP contribution in [0.3, 0.4) is 0 Å². The van der Waals surface area contributed by atoms with Gasteiger partial charge >= 0.3 is 16.9 Å². The molecule has 0 N–H and O–H groups in total. The summed E-state index contributed by atoms with van der Waals surface area (Å²) < 4.78 is 1.32.